The number of benzene rings is 3. The van der Waals surface area contributed by atoms with E-state index in [0.29, 0.717) is 18.0 Å². The average Bonchev–Trinajstić information content (AvgIpc) is 2.78. The fraction of sp³-hybridized carbons (Fsp3) is 0.160. The molecule has 3 rings (SSSR count). The summed E-state index contributed by atoms with van der Waals surface area (Å²) in [6.45, 7) is 6.38. The molecule has 154 valence electrons. The van der Waals surface area contributed by atoms with Crippen molar-refractivity contribution in [1.29, 1.82) is 0 Å². The van der Waals surface area contributed by atoms with E-state index in [1.165, 1.54) is 12.1 Å². The number of carbonyl (C=O) groups excluding carboxylic acids is 1. The van der Waals surface area contributed by atoms with Gasteiger partial charge in [-0.1, -0.05) is 49.0 Å². The number of anilines is 1. The van der Waals surface area contributed by atoms with E-state index in [1.807, 2.05) is 54.6 Å². The predicted octanol–water partition coefficient (Wildman–Crippen LogP) is 5.68. The Bertz CT molecular complexity index is 970. The van der Waals surface area contributed by atoms with Crippen LogP contribution in [0.5, 0.6) is 5.75 Å². The molecule has 4 nitrogen and oxygen atoms in total. The number of hydrogen-bond donors (Lipinski definition) is 1. The maximum Gasteiger partial charge on any atom is 0.335 e. The van der Waals surface area contributed by atoms with Crippen molar-refractivity contribution in [3.63, 3.8) is 0 Å². The zero-order valence-electron chi connectivity index (χ0n) is 16.8. The topological polar surface area (TPSA) is 47.6 Å². The molecule has 0 aliphatic carbocycles. The fourth-order valence-electron chi connectivity index (χ4n) is 2.92. The highest BCUT2D eigenvalue weighted by atomic mass is 19.1. The lowest BCUT2D eigenvalue weighted by atomic mass is 9.99. The standard InChI is InChI=1S/C25H24FNO3/c1-3-29-25(28)18(2)24(27-22-13-11-21(26)12-14-22)20-9-15-23(16-10-20)30-17-19-7-5-4-6-8-19/h4-16,24,27H,2-3,17H2,1H3. The third-order valence-electron chi connectivity index (χ3n) is 4.50. The van der Waals surface area contributed by atoms with Gasteiger partial charge < -0.3 is 14.8 Å². The number of carbonyl (C=O) groups is 1. The van der Waals surface area contributed by atoms with Crippen LogP contribution in [0.4, 0.5) is 10.1 Å². The van der Waals surface area contributed by atoms with E-state index in [9.17, 15) is 9.18 Å². The summed E-state index contributed by atoms with van der Waals surface area (Å²) in [6, 6.07) is 22.7. The second kappa shape index (κ2) is 10.3. The molecule has 0 radical (unpaired) electrons. The first-order chi connectivity index (χ1) is 14.6. The summed E-state index contributed by atoms with van der Waals surface area (Å²) in [5.74, 6) is -0.104. The van der Waals surface area contributed by atoms with Gasteiger partial charge in [-0.25, -0.2) is 9.18 Å². The Labute approximate surface area is 176 Å². The van der Waals surface area contributed by atoms with Crippen molar-refractivity contribution in [2.24, 2.45) is 0 Å². The molecular weight excluding hydrogens is 381 g/mol. The second-order valence-electron chi connectivity index (χ2n) is 6.67. The normalized spacial score (nSPS) is 11.4. The molecule has 5 heteroatoms. The average molecular weight is 405 g/mol. The van der Waals surface area contributed by atoms with Crippen molar-refractivity contribution in [2.45, 2.75) is 19.6 Å². The Morgan fingerprint density at radius 3 is 2.30 bits per heavy atom. The van der Waals surface area contributed by atoms with Crippen LogP contribution in [0.1, 0.15) is 24.1 Å². The lowest BCUT2D eigenvalue weighted by Crippen LogP contribution is -2.20. The van der Waals surface area contributed by atoms with Crippen molar-refractivity contribution >= 4 is 11.7 Å². The van der Waals surface area contributed by atoms with Gasteiger partial charge in [-0.15, -0.1) is 0 Å². The second-order valence-corrected chi connectivity index (χ2v) is 6.67. The van der Waals surface area contributed by atoms with Gasteiger partial charge >= 0.3 is 5.97 Å². The highest BCUT2D eigenvalue weighted by molar-refractivity contribution is 5.90. The van der Waals surface area contributed by atoms with Gasteiger partial charge in [-0.2, -0.15) is 0 Å². The highest BCUT2D eigenvalue weighted by Gasteiger charge is 2.22. The molecule has 1 atom stereocenters. The lowest BCUT2D eigenvalue weighted by molar-refractivity contribution is -0.138. The van der Waals surface area contributed by atoms with E-state index < -0.39 is 12.0 Å². The lowest BCUT2D eigenvalue weighted by Gasteiger charge is -2.22. The summed E-state index contributed by atoms with van der Waals surface area (Å²) < 4.78 is 24.2. The third-order valence-corrected chi connectivity index (χ3v) is 4.50. The molecular formula is C25H24FNO3. The molecule has 3 aromatic carbocycles. The van der Waals surface area contributed by atoms with E-state index in [1.54, 1.807) is 19.1 Å². The molecule has 0 saturated heterocycles. The van der Waals surface area contributed by atoms with E-state index in [4.69, 9.17) is 9.47 Å². The zero-order chi connectivity index (χ0) is 21.3. The van der Waals surface area contributed by atoms with Crippen LogP contribution in [0.3, 0.4) is 0 Å². The maximum atomic E-state index is 13.2. The van der Waals surface area contributed by atoms with Crippen LogP contribution in [0, 0.1) is 5.82 Å². The van der Waals surface area contributed by atoms with Crippen LogP contribution >= 0.6 is 0 Å². The Kier molecular flexibility index (Phi) is 7.22. The van der Waals surface area contributed by atoms with Gasteiger partial charge in [0.2, 0.25) is 0 Å². The quantitative estimate of drug-likeness (QED) is 0.368. The van der Waals surface area contributed by atoms with E-state index in [-0.39, 0.29) is 18.0 Å². The number of hydrogen-bond acceptors (Lipinski definition) is 4. The highest BCUT2D eigenvalue weighted by Crippen LogP contribution is 2.28. The molecule has 3 aromatic rings. The van der Waals surface area contributed by atoms with Crippen LogP contribution < -0.4 is 10.1 Å². The van der Waals surface area contributed by atoms with Crippen molar-refractivity contribution < 1.29 is 18.7 Å². The Balaban J connectivity index is 1.76. The van der Waals surface area contributed by atoms with E-state index in [2.05, 4.69) is 11.9 Å². The number of nitrogens with one attached hydrogen (secondary N) is 1. The summed E-state index contributed by atoms with van der Waals surface area (Å²) in [4.78, 5) is 12.3. The minimum Gasteiger partial charge on any atom is -0.489 e. The van der Waals surface area contributed by atoms with Gasteiger partial charge in [0, 0.05) is 5.69 Å². The van der Waals surface area contributed by atoms with Crippen molar-refractivity contribution in [1.82, 2.24) is 0 Å². The molecule has 0 saturated carbocycles. The first kappa shape index (κ1) is 21.1. The largest absolute Gasteiger partial charge is 0.489 e. The SMILES string of the molecule is C=C(C(=O)OCC)C(Nc1ccc(F)cc1)c1ccc(OCc2ccccc2)cc1. The minimum absolute atomic E-state index is 0.257. The summed E-state index contributed by atoms with van der Waals surface area (Å²) in [7, 11) is 0. The number of esters is 1. The zero-order valence-corrected chi connectivity index (χ0v) is 16.8. The van der Waals surface area contributed by atoms with Crippen LogP contribution in [0.15, 0.2) is 91.0 Å². The molecule has 0 aromatic heterocycles. The predicted molar refractivity (Wildman–Crippen MR) is 116 cm³/mol. The molecule has 0 fully saturated rings. The van der Waals surface area contributed by atoms with Gasteiger partial charge in [0.05, 0.1) is 18.2 Å². The van der Waals surface area contributed by atoms with E-state index >= 15 is 0 Å². The molecule has 30 heavy (non-hydrogen) atoms. The van der Waals surface area contributed by atoms with Gasteiger partial charge in [0.15, 0.2) is 0 Å². The molecule has 0 aliphatic rings. The van der Waals surface area contributed by atoms with Crippen LogP contribution in [0.2, 0.25) is 0 Å². The van der Waals surface area contributed by atoms with Crippen LogP contribution in [-0.2, 0) is 16.1 Å². The van der Waals surface area contributed by atoms with Crippen LogP contribution in [-0.4, -0.2) is 12.6 Å². The Morgan fingerprint density at radius 1 is 1.00 bits per heavy atom. The third kappa shape index (κ3) is 5.70. The fourth-order valence-corrected chi connectivity index (χ4v) is 2.92. The molecule has 0 heterocycles. The van der Waals surface area contributed by atoms with Crippen molar-refractivity contribution in [3.8, 4) is 5.75 Å². The van der Waals surface area contributed by atoms with Gasteiger partial charge in [-0.05, 0) is 54.4 Å². The maximum absolute atomic E-state index is 13.2. The summed E-state index contributed by atoms with van der Waals surface area (Å²) >= 11 is 0. The van der Waals surface area contributed by atoms with Gasteiger partial charge in [0.1, 0.15) is 18.2 Å². The summed E-state index contributed by atoms with van der Waals surface area (Å²) in [5.41, 5.74) is 2.81. The van der Waals surface area contributed by atoms with Crippen molar-refractivity contribution in [3.05, 3.63) is 108 Å². The van der Waals surface area contributed by atoms with Crippen molar-refractivity contribution in [2.75, 3.05) is 11.9 Å². The molecule has 0 spiro atoms. The minimum atomic E-state index is -0.530. The number of ether oxygens (including phenoxy) is 2. The molecule has 1 N–H and O–H groups in total. The van der Waals surface area contributed by atoms with Crippen LogP contribution in [0.25, 0.3) is 0 Å². The van der Waals surface area contributed by atoms with E-state index in [0.717, 1.165) is 11.1 Å². The first-order valence-corrected chi connectivity index (χ1v) is 9.71. The Morgan fingerprint density at radius 2 is 1.67 bits per heavy atom. The number of rotatable bonds is 9. The summed E-state index contributed by atoms with van der Waals surface area (Å²) in [5, 5.41) is 3.23. The molecule has 1 unspecified atom stereocenters. The van der Waals surface area contributed by atoms with Gasteiger partial charge in [-0.3, -0.25) is 0 Å². The number of halogens is 1. The Hall–Kier alpha value is -3.60. The monoisotopic (exact) mass is 405 g/mol. The van der Waals surface area contributed by atoms with Gasteiger partial charge in [0.25, 0.3) is 0 Å². The first-order valence-electron chi connectivity index (χ1n) is 9.71. The summed E-state index contributed by atoms with van der Waals surface area (Å²) in [6.07, 6.45) is 0. The smallest absolute Gasteiger partial charge is 0.335 e. The molecule has 0 bridgehead atoms. The molecule has 0 amide bonds. The molecule has 0 aliphatic heterocycles.